The maximum absolute atomic E-state index is 13.7. The van der Waals surface area contributed by atoms with Crippen molar-refractivity contribution in [3.05, 3.63) is 94.8 Å². The van der Waals surface area contributed by atoms with Gasteiger partial charge in [-0.1, -0.05) is 30.3 Å². The molecule has 2 saturated heterocycles. The van der Waals surface area contributed by atoms with Crippen LogP contribution in [-0.4, -0.2) is 50.5 Å². The van der Waals surface area contributed by atoms with Crippen molar-refractivity contribution in [2.45, 2.75) is 36.3 Å². The summed E-state index contributed by atoms with van der Waals surface area (Å²) >= 11 is 0. The fraction of sp³-hybridized carbons (Fsp3) is 0.367. The normalized spacial score (nSPS) is 25.6. The molecular weight excluding hydrogens is 501 g/mol. The van der Waals surface area contributed by atoms with Crippen LogP contribution in [0.5, 0.6) is 0 Å². The van der Waals surface area contributed by atoms with Gasteiger partial charge in [0.1, 0.15) is 5.82 Å². The average Bonchev–Trinajstić information content (AvgIpc) is 3.39. The number of halogens is 1. The lowest BCUT2D eigenvalue weighted by molar-refractivity contribution is 0.0972. The van der Waals surface area contributed by atoms with Crippen molar-refractivity contribution in [1.29, 1.82) is 5.41 Å². The van der Waals surface area contributed by atoms with Gasteiger partial charge in [-0.15, -0.1) is 0 Å². The minimum Gasteiger partial charge on any atom is -0.381 e. The number of benzene rings is 3. The van der Waals surface area contributed by atoms with E-state index in [2.05, 4.69) is 30.4 Å². The molecule has 3 atom stereocenters. The Morgan fingerprint density at radius 1 is 1.08 bits per heavy atom. The van der Waals surface area contributed by atoms with E-state index in [0.717, 1.165) is 22.5 Å². The molecule has 6 rings (SSSR count). The summed E-state index contributed by atoms with van der Waals surface area (Å²) in [5, 5.41) is 11.1. The van der Waals surface area contributed by atoms with Crippen molar-refractivity contribution in [2.75, 3.05) is 31.6 Å². The van der Waals surface area contributed by atoms with E-state index in [9.17, 15) is 12.8 Å². The van der Waals surface area contributed by atoms with E-state index < -0.39 is 10.0 Å². The fourth-order valence-corrected chi connectivity index (χ4v) is 8.71. The van der Waals surface area contributed by atoms with E-state index in [1.54, 1.807) is 16.4 Å². The highest BCUT2D eigenvalue weighted by molar-refractivity contribution is 7.89. The third kappa shape index (κ3) is 4.15. The molecule has 0 unspecified atom stereocenters. The molecule has 3 aromatic carbocycles. The SMILES string of the molecule is Cc1cc(Nc2ccc(F)cc2)c(C=N)cc1[C@]12CN(S(=O)(=O)C3CCOCC3)C[C@H]1[C@@H]2c1ccccc1. The topological polar surface area (TPSA) is 82.5 Å². The number of hydrogen-bond donors (Lipinski definition) is 2. The molecule has 6 nitrogen and oxygen atoms in total. The molecule has 1 aliphatic carbocycles. The van der Waals surface area contributed by atoms with Crippen molar-refractivity contribution < 1.29 is 17.5 Å². The molecule has 0 bridgehead atoms. The fourth-order valence-electron chi connectivity index (χ4n) is 6.74. The van der Waals surface area contributed by atoms with Crippen LogP contribution in [0.1, 0.15) is 41.0 Å². The maximum atomic E-state index is 13.7. The Kier molecular flexibility index (Phi) is 6.37. The molecule has 3 fully saturated rings. The summed E-state index contributed by atoms with van der Waals surface area (Å²) in [4.78, 5) is 0. The number of piperidine rings is 1. The standard InChI is InChI=1S/C30H32FN3O3S/c1-20-15-28(33-24-9-7-23(31)8-10-24)22(17-32)16-26(20)30-19-34(38(35,36)25-11-13-37-14-12-25)18-27(30)29(30)21-5-3-2-4-6-21/h2-10,15-17,25,27,29,32-33H,11-14,18-19H2,1H3/t27-,29-,30+/m0/s1. The highest BCUT2D eigenvalue weighted by Crippen LogP contribution is 2.70. The van der Waals surface area contributed by atoms with Gasteiger partial charge in [-0.25, -0.2) is 17.1 Å². The smallest absolute Gasteiger partial charge is 0.217 e. The number of nitrogens with one attached hydrogen (secondary N) is 2. The van der Waals surface area contributed by atoms with Crippen LogP contribution in [0, 0.1) is 24.1 Å². The predicted octanol–water partition coefficient (Wildman–Crippen LogP) is 5.35. The van der Waals surface area contributed by atoms with Gasteiger partial charge in [0.05, 0.1) is 5.25 Å². The first kappa shape index (κ1) is 25.2. The summed E-state index contributed by atoms with van der Waals surface area (Å²) in [5.41, 5.74) is 5.26. The molecule has 2 aliphatic heterocycles. The summed E-state index contributed by atoms with van der Waals surface area (Å²) in [7, 11) is -3.43. The Labute approximate surface area is 223 Å². The molecule has 198 valence electrons. The predicted molar refractivity (Wildman–Crippen MR) is 147 cm³/mol. The van der Waals surface area contributed by atoms with Gasteiger partial charge in [0.25, 0.3) is 0 Å². The van der Waals surface area contributed by atoms with Crippen LogP contribution in [-0.2, 0) is 20.2 Å². The zero-order chi connectivity index (χ0) is 26.5. The first-order valence-corrected chi connectivity index (χ1v) is 14.6. The number of anilines is 2. The molecule has 3 aromatic rings. The Morgan fingerprint density at radius 2 is 1.79 bits per heavy atom. The monoisotopic (exact) mass is 533 g/mol. The number of sulfonamides is 1. The number of hydrogen-bond acceptors (Lipinski definition) is 5. The first-order chi connectivity index (χ1) is 18.3. The van der Waals surface area contributed by atoms with Crippen LogP contribution in [0.25, 0.3) is 0 Å². The van der Waals surface area contributed by atoms with Crippen LogP contribution in [0.2, 0.25) is 0 Å². The van der Waals surface area contributed by atoms with Gasteiger partial charge < -0.3 is 15.5 Å². The van der Waals surface area contributed by atoms with Crippen LogP contribution in [0.3, 0.4) is 0 Å². The van der Waals surface area contributed by atoms with E-state index in [-0.39, 0.29) is 28.3 Å². The van der Waals surface area contributed by atoms with Gasteiger partial charge >= 0.3 is 0 Å². The number of aryl methyl sites for hydroxylation is 1. The van der Waals surface area contributed by atoms with E-state index in [4.69, 9.17) is 10.1 Å². The van der Waals surface area contributed by atoms with Gasteiger partial charge in [-0.05, 0) is 78.8 Å². The van der Waals surface area contributed by atoms with Gasteiger partial charge in [0.15, 0.2) is 0 Å². The van der Waals surface area contributed by atoms with Gasteiger partial charge in [0.2, 0.25) is 10.0 Å². The van der Waals surface area contributed by atoms with Gasteiger partial charge in [0, 0.05) is 60.8 Å². The molecule has 3 aliphatic rings. The second kappa shape index (κ2) is 9.59. The summed E-state index contributed by atoms with van der Waals surface area (Å²) in [5.74, 6) is 0.0902. The zero-order valence-corrected chi connectivity index (χ0v) is 22.2. The molecule has 2 N–H and O–H groups in total. The second-order valence-electron chi connectivity index (χ2n) is 10.7. The summed E-state index contributed by atoms with van der Waals surface area (Å²) in [6.45, 7) is 3.99. The Balaban J connectivity index is 1.38. The van der Waals surface area contributed by atoms with Crippen LogP contribution in [0.15, 0.2) is 66.7 Å². The molecule has 0 aromatic heterocycles. The lowest BCUT2D eigenvalue weighted by atomic mass is 9.86. The van der Waals surface area contributed by atoms with E-state index in [0.29, 0.717) is 44.7 Å². The quantitative estimate of drug-likeness (QED) is 0.401. The van der Waals surface area contributed by atoms with Crippen LogP contribution in [0.4, 0.5) is 15.8 Å². The second-order valence-corrected chi connectivity index (χ2v) is 12.9. The summed E-state index contributed by atoms with van der Waals surface area (Å²) < 4.78 is 47.9. The number of ether oxygens (including phenoxy) is 1. The van der Waals surface area contributed by atoms with E-state index in [1.165, 1.54) is 23.9 Å². The lowest BCUT2D eigenvalue weighted by Gasteiger charge is -2.30. The molecular formula is C30H32FN3O3S. The minimum atomic E-state index is -3.43. The van der Waals surface area contributed by atoms with Crippen molar-refractivity contribution in [2.24, 2.45) is 5.92 Å². The van der Waals surface area contributed by atoms with Gasteiger partial charge in [-0.2, -0.15) is 0 Å². The Bertz CT molecular complexity index is 1460. The van der Waals surface area contributed by atoms with Crippen LogP contribution < -0.4 is 5.32 Å². The molecule has 0 amide bonds. The summed E-state index contributed by atoms with van der Waals surface area (Å²) in [6, 6.07) is 20.6. The van der Waals surface area contributed by atoms with Crippen molar-refractivity contribution in [1.82, 2.24) is 4.31 Å². The minimum absolute atomic E-state index is 0.174. The Hall–Kier alpha value is -3.07. The first-order valence-electron chi connectivity index (χ1n) is 13.1. The van der Waals surface area contributed by atoms with Crippen molar-refractivity contribution >= 4 is 27.6 Å². The summed E-state index contributed by atoms with van der Waals surface area (Å²) in [6.07, 6.45) is 2.41. The molecule has 2 heterocycles. The molecule has 0 spiro atoms. The number of rotatable bonds is 7. The molecule has 8 heteroatoms. The largest absolute Gasteiger partial charge is 0.381 e. The number of nitrogens with zero attached hydrogens (tertiary/aromatic N) is 1. The Morgan fingerprint density at radius 3 is 2.47 bits per heavy atom. The average molecular weight is 534 g/mol. The van der Waals surface area contributed by atoms with E-state index in [1.807, 2.05) is 24.3 Å². The lowest BCUT2D eigenvalue weighted by Crippen LogP contribution is -2.42. The molecule has 38 heavy (non-hydrogen) atoms. The third-order valence-corrected chi connectivity index (χ3v) is 10.9. The maximum Gasteiger partial charge on any atom is 0.217 e. The molecule has 0 radical (unpaired) electrons. The van der Waals surface area contributed by atoms with E-state index >= 15 is 0 Å². The number of fused-ring (bicyclic) bond motifs is 1. The highest BCUT2D eigenvalue weighted by Gasteiger charge is 2.71. The van der Waals surface area contributed by atoms with Gasteiger partial charge in [-0.3, -0.25) is 0 Å². The van der Waals surface area contributed by atoms with Crippen LogP contribution >= 0.6 is 0 Å². The zero-order valence-electron chi connectivity index (χ0n) is 21.4. The molecule has 1 saturated carbocycles. The third-order valence-electron chi connectivity index (χ3n) is 8.63. The van der Waals surface area contributed by atoms with Crippen molar-refractivity contribution in [3.8, 4) is 0 Å². The van der Waals surface area contributed by atoms with Crippen molar-refractivity contribution in [3.63, 3.8) is 0 Å². The highest BCUT2D eigenvalue weighted by atomic mass is 32.2.